The van der Waals surface area contributed by atoms with Gasteiger partial charge in [0, 0.05) is 31.6 Å². The zero-order valence-corrected chi connectivity index (χ0v) is 19.6. The average Bonchev–Trinajstić information content (AvgIpc) is 3.40. The molecule has 0 aliphatic carbocycles. The number of fused-ring (bicyclic) bond motifs is 1. The fourth-order valence-corrected chi connectivity index (χ4v) is 4.11. The number of carbonyl (C=O) groups is 2. The Hall–Kier alpha value is -3.24. The topological polar surface area (TPSA) is 107 Å². The maximum atomic E-state index is 12.6. The van der Waals surface area contributed by atoms with Gasteiger partial charge in [0.15, 0.2) is 16.7 Å². The maximum absolute atomic E-state index is 12.6. The summed E-state index contributed by atoms with van der Waals surface area (Å²) in [7, 11) is 1.81. The number of rotatable bonds is 8. The number of halogens is 1. The van der Waals surface area contributed by atoms with Crippen LogP contribution in [0.25, 0.3) is 0 Å². The van der Waals surface area contributed by atoms with E-state index in [0.717, 1.165) is 0 Å². The molecule has 1 atom stereocenters. The Kier molecular flexibility index (Phi) is 7.05. The molecule has 9 nitrogen and oxygen atoms in total. The highest BCUT2D eigenvalue weighted by Crippen LogP contribution is 2.34. The molecule has 2 aromatic carbocycles. The standard InChI is InChI=1S/C22H22ClN5O4S/c1-13(21(30)24-14-7-8-17-18(11-14)32-12-31-17)33-22-27-26-19(28(22)2)9-10-20(29)25-16-6-4-3-5-15(16)23/h3-8,11,13H,9-10,12H2,1-2H3,(H,24,30)(H,25,29). The van der Waals surface area contributed by atoms with Crippen LogP contribution in [-0.4, -0.2) is 38.6 Å². The summed E-state index contributed by atoms with van der Waals surface area (Å²) in [5.41, 5.74) is 1.19. The van der Waals surface area contributed by atoms with Crippen LogP contribution in [0.15, 0.2) is 47.6 Å². The lowest BCUT2D eigenvalue weighted by molar-refractivity contribution is -0.116. The predicted octanol–water partition coefficient (Wildman–Crippen LogP) is 3.89. The molecule has 0 saturated carbocycles. The van der Waals surface area contributed by atoms with E-state index in [1.165, 1.54) is 11.8 Å². The summed E-state index contributed by atoms with van der Waals surface area (Å²) in [4.78, 5) is 24.9. The Bertz CT molecular complexity index is 1190. The monoisotopic (exact) mass is 487 g/mol. The maximum Gasteiger partial charge on any atom is 0.237 e. The predicted molar refractivity (Wildman–Crippen MR) is 126 cm³/mol. The van der Waals surface area contributed by atoms with Crippen molar-refractivity contribution < 1.29 is 19.1 Å². The third-order valence-electron chi connectivity index (χ3n) is 4.94. The smallest absolute Gasteiger partial charge is 0.237 e. The first-order valence-corrected chi connectivity index (χ1v) is 11.5. The summed E-state index contributed by atoms with van der Waals surface area (Å²) in [5, 5.41) is 14.7. The molecule has 1 aliphatic heterocycles. The van der Waals surface area contributed by atoms with E-state index < -0.39 is 5.25 Å². The van der Waals surface area contributed by atoms with E-state index in [1.54, 1.807) is 54.0 Å². The number of thioether (sulfide) groups is 1. The molecule has 0 radical (unpaired) electrons. The molecule has 2 amide bonds. The van der Waals surface area contributed by atoms with E-state index in [4.69, 9.17) is 21.1 Å². The van der Waals surface area contributed by atoms with Crippen LogP contribution in [0.4, 0.5) is 11.4 Å². The van der Waals surface area contributed by atoms with Gasteiger partial charge >= 0.3 is 0 Å². The molecule has 0 saturated heterocycles. The number of anilines is 2. The Labute approximate surface area is 199 Å². The van der Waals surface area contributed by atoms with Crippen molar-refractivity contribution >= 4 is 46.6 Å². The van der Waals surface area contributed by atoms with Crippen LogP contribution in [0.2, 0.25) is 5.02 Å². The van der Waals surface area contributed by atoms with E-state index in [0.29, 0.717) is 45.3 Å². The summed E-state index contributed by atoms with van der Waals surface area (Å²) in [6.07, 6.45) is 0.625. The van der Waals surface area contributed by atoms with E-state index in [-0.39, 0.29) is 25.0 Å². The van der Waals surface area contributed by atoms with Crippen molar-refractivity contribution in [1.82, 2.24) is 14.8 Å². The largest absolute Gasteiger partial charge is 0.454 e. The number of nitrogens with one attached hydrogen (secondary N) is 2. The minimum Gasteiger partial charge on any atom is -0.454 e. The van der Waals surface area contributed by atoms with Crippen molar-refractivity contribution in [2.75, 3.05) is 17.4 Å². The van der Waals surface area contributed by atoms with Gasteiger partial charge < -0.3 is 24.7 Å². The SMILES string of the molecule is CC(Sc1nnc(CCC(=O)Nc2ccccc2Cl)n1C)C(=O)Nc1ccc2c(c1)OCO2. The van der Waals surface area contributed by atoms with Gasteiger partial charge in [0.25, 0.3) is 0 Å². The first kappa shape index (κ1) is 22.9. The summed E-state index contributed by atoms with van der Waals surface area (Å²) in [6.45, 7) is 1.97. The molecule has 1 aromatic heterocycles. The van der Waals surface area contributed by atoms with Crippen molar-refractivity contribution in [3.05, 3.63) is 53.3 Å². The molecule has 2 heterocycles. The molecule has 0 bridgehead atoms. The first-order chi connectivity index (χ1) is 15.9. The van der Waals surface area contributed by atoms with Crippen molar-refractivity contribution in [3.63, 3.8) is 0 Å². The highest BCUT2D eigenvalue weighted by Gasteiger charge is 2.21. The average molecular weight is 488 g/mol. The minimum absolute atomic E-state index is 0.170. The number of amides is 2. The van der Waals surface area contributed by atoms with Gasteiger partial charge in [-0.15, -0.1) is 10.2 Å². The number of aryl methyl sites for hydroxylation is 1. The van der Waals surface area contributed by atoms with Crippen LogP contribution in [0, 0.1) is 0 Å². The third kappa shape index (κ3) is 5.58. The zero-order valence-electron chi connectivity index (χ0n) is 18.0. The molecular weight excluding hydrogens is 466 g/mol. The summed E-state index contributed by atoms with van der Waals surface area (Å²) in [5.74, 6) is 1.56. The fourth-order valence-electron chi connectivity index (χ4n) is 3.10. The molecular formula is C22H22ClN5O4S. The van der Waals surface area contributed by atoms with Gasteiger partial charge in [0.05, 0.1) is 16.0 Å². The molecule has 1 unspecified atom stereocenters. The van der Waals surface area contributed by atoms with Gasteiger partial charge in [0.2, 0.25) is 18.6 Å². The van der Waals surface area contributed by atoms with Crippen LogP contribution >= 0.6 is 23.4 Å². The lowest BCUT2D eigenvalue weighted by Crippen LogP contribution is -2.22. The Balaban J connectivity index is 1.30. The summed E-state index contributed by atoms with van der Waals surface area (Å²) < 4.78 is 12.4. The third-order valence-corrected chi connectivity index (χ3v) is 6.40. The molecule has 0 spiro atoms. The Morgan fingerprint density at radius 1 is 1.15 bits per heavy atom. The van der Waals surface area contributed by atoms with E-state index in [9.17, 15) is 9.59 Å². The minimum atomic E-state index is -0.422. The highest BCUT2D eigenvalue weighted by atomic mass is 35.5. The van der Waals surface area contributed by atoms with Gasteiger partial charge in [-0.25, -0.2) is 0 Å². The second kappa shape index (κ2) is 10.1. The van der Waals surface area contributed by atoms with Gasteiger partial charge in [-0.3, -0.25) is 9.59 Å². The Morgan fingerprint density at radius 2 is 1.94 bits per heavy atom. The zero-order chi connectivity index (χ0) is 23.4. The summed E-state index contributed by atoms with van der Waals surface area (Å²) in [6, 6.07) is 12.3. The quantitative estimate of drug-likeness (QED) is 0.464. The van der Waals surface area contributed by atoms with Crippen molar-refractivity contribution in [2.24, 2.45) is 7.05 Å². The molecule has 0 fully saturated rings. The fraction of sp³-hybridized carbons (Fsp3) is 0.273. The Morgan fingerprint density at radius 3 is 2.76 bits per heavy atom. The lowest BCUT2D eigenvalue weighted by Gasteiger charge is -2.12. The molecule has 2 N–H and O–H groups in total. The summed E-state index contributed by atoms with van der Waals surface area (Å²) >= 11 is 7.36. The number of ether oxygens (including phenoxy) is 2. The highest BCUT2D eigenvalue weighted by molar-refractivity contribution is 8.00. The molecule has 33 heavy (non-hydrogen) atoms. The molecule has 1 aliphatic rings. The first-order valence-electron chi connectivity index (χ1n) is 10.2. The number of para-hydroxylation sites is 1. The van der Waals surface area contributed by atoms with Crippen molar-refractivity contribution in [2.45, 2.75) is 30.2 Å². The van der Waals surface area contributed by atoms with Crippen molar-refractivity contribution in [1.29, 1.82) is 0 Å². The van der Waals surface area contributed by atoms with Crippen LogP contribution in [-0.2, 0) is 23.1 Å². The molecule has 11 heteroatoms. The van der Waals surface area contributed by atoms with E-state index >= 15 is 0 Å². The lowest BCUT2D eigenvalue weighted by atomic mass is 10.2. The van der Waals surface area contributed by atoms with Gasteiger partial charge in [0.1, 0.15) is 5.82 Å². The number of aromatic nitrogens is 3. The van der Waals surface area contributed by atoms with Gasteiger partial charge in [-0.1, -0.05) is 35.5 Å². The molecule has 4 rings (SSSR count). The number of benzene rings is 2. The normalized spacial score (nSPS) is 12.9. The van der Waals surface area contributed by atoms with E-state index in [2.05, 4.69) is 20.8 Å². The number of nitrogens with zero attached hydrogens (tertiary/aromatic N) is 3. The second-order valence-electron chi connectivity index (χ2n) is 7.30. The van der Waals surface area contributed by atoms with Crippen LogP contribution < -0.4 is 20.1 Å². The van der Waals surface area contributed by atoms with Crippen LogP contribution in [0.3, 0.4) is 0 Å². The van der Waals surface area contributed by atoms with Crippen LogP contribution in [0.5, 0.6) is 11.5 Å². The van der Waals surface area contributed by atoms with Crippen molar-refractivity contribution in [3.8, 4) is 11.5 Å². The number of hydrogen-bond donors (Lipinski definition) is 2. The van der Waals surface area contributed by atoms with Crippen LogP contribution in [0.1, 0.15) is 19.2 Å². The number of carbonyl (C=O) groups excluding carboxylic acids is 2. The molecule has 172 valence electrons. The van der Waals surface area contributed by atoms with E-state index in [1.807, 2.05) is 7.05 Å². The molecule has 3 aromatic rings. The van der Waals surface area contributed by atoms with Gasteiger partial charge in [-0.05, 0) is 31.2 Å². The van der Waals surface area contributed by atoms with Gasteiger partial charge in [-0.2, -0.15) is 0 Å². The second-order valence-corrected chi connectivity index (χ2v) is 9.02. The number of hydrogen-bond acceptors (Lipinski definition) is 7.